The Labute approximate surface area is 148 Å². The highest BCUT2D eigenvalue weighted by molar-refractivity contribution is 5.14. The van der Waals surface area contributed by atoms with Crippen LogP contribution in [0.2, 0.25) is 0 Å². The van der Waals surface area contributed by atoms with Crippen LogP contribution in [0.25, 0.3) is 0 Å². The Hall–Kier alpha value is -0.900. The van der Waals surface area contributed by atoms with Crippen molar-refractivity contribution in [2.24, 2.45) is 11.3 Å². The summed E-state index contributed by atoms with van der Waals surface area (Å²) >= 11 is 0. The zero-order valence-electron chi connectivity index (χ0n) is 15.6. The molecule has 1 saturated heterocycles. The van der Waals surface area contributed by atoms with Gasteiger partial charge < -0.3 is 10.2 Å². The minimum absolute atomic E-state index is 0.517. The van der Waals surface area contributed by atoms with Crippen LogP contribution >= 0.6 is 0 Å². The molecule has 0 aromatic heterocycles. The quantitative estimate of drug-likeness (QED) is 0.864. The topological polar surface area (TPSA) is 18.5 Å². The van der Waals surface area contributed by atoms with Gasteiger partial charge in [0.15, 0.2) is 0 Å². The van der Waals surface area contributed by atoms with Gasteiger partial charge in [-0.3, -0.25) is 4.90 Å². The summed E-state index contributed by atoms with van der Waals surface area (Å²) in [5.74, 6) is 0.928. The highest BCUT2D eigenvalue weighted by atomic mass is 15.3. The third-order valence-electron chi connectivity index (χ3n) is 6.16. The SMILES string of the molecule is CNCC1(CN2CCN(Cc3ccccc3)CC2)CCC(C)CC1. The molecule has 24 heavy (non-hydrogen) atoms. The van der Waals surface area contributed by atoms with Crippen LogP contribution in [-0.2, 0) is 6.54 Å². The number of hydrogen-bond donors (Lipinski definition) is 1. The van der Waals surface area contributed by atoms with Crippen molar-refractivity contribution in [2.45, 2.75) is 39.2 Å². The molecule has 0 unspecified atom stereocenters. The zero-order chi connectivity index (χ0) is 16.8. The zero-order valence-corrected chi connectivity index (χ0v) is 15.6. The van der Waals surface area contributed by atoms with Gasteiger partial charge in [-0.2, -0.15) is 0 Å². The molecule has 0 atom stereocenters. The number of hydrogen-bond acceptors (Lipinski definition) is 3. The second-order valence-electron chi connectivity index (χ2n) is 8.25. The van der Waals surface area contributed by atoms with Gasteiger partial charge in [-0.25, -0.2) is 0 Å². The number of benzene rings is 1. The first kappa shape index (κ1) is 17.9. The predicted molar refractivity (Wildman–Crippen MR) is 102 cm³/mol. The fraction of sp³-hybridized carbons (Fsp3) is 0.714. The Balaban J connectivity index is 1.48. The molecule has 1 aliphatic heterocycles. The number of piperazine rings is 1. The van der Waals surface area contributed by atoms with Crippen molar-refractivity contribution in [1.82, 2.24) is 15.1 Å². The van der Waals surface area contributed by atoms with E-state index in [1.807, 2.05) is 0 Å². The maximum absolute atomic E-state index is 3.49. The summed E-state index contributed by atoms with van der Waals surface area (Å²) in [6, 6.07) is 10.9. The Morgan fingerprint density at radius 2 is 1.62 bits per heavy atom. The van der Waals surface area contributed by atoms with Crippen molar-refractivity contribution in [1.29, 1.82) is 0 Å². The highest BCUT2D eigenvalue weighted by Crippen LogP contribution is 2.39. The van der Waals surface area contributed by atoms with Crippen LogP contribution in [0.4, 0.5) is 0 Å². The molecule has 0 bridgehead atoms. The Kier molecular flexibility index (Phi) is 6.31. The molecule has 1 aromatic rings. The van der Waals surface area contributed by atoms with Crippen LogP contribution in [0.5, 0.6) is 0 Å². The summed E-state index contributed by atoms with van der Waals surface area (Å²) in [5, 5.41) is 3.49. The molecule has 3 rings (SSSR count). The fourth-order valence-electron chi connectivity index (χ4n) is 4.56. The normalized spacial score (nSPS) is 29.7. The molecule has 0 radical (unpaired) electrons. The second kappa shape index (κ2) is 8.46. The summed E-state index contributed by atoms with van der Waals surface area (Å²) in [6.45, 7) is 10.9. The molecule has 134 valence electrons. The van der Waals surface area contributed by atoms with Gasteiger partial charge >= 0.3 is 0 Å². The summed E-state index contributed by atoms with van der Waals surface area (Å²) in [4.78, 5) is 5.34. The van der Waals surface area contributed by atoms with E-state index in [-0.39, 0.29) is 0 Å². The van der Waals surface area contributed by atoms with Crippen LogP contribution in [0.1, 0.15) is 38.2 Å². The van der Waals surface area contributed by atoms with E-state index in [0.717, 1.165) is 12.5 Å². The molecule has 1 aliphatic carbocycles. The van der Waals surface area contributed by atoms with Gasteiger partial charge in [0.2, 0.25) is 0 Å². The second-order valence-corrected chi connectivity index (χ2v) is 8.25. The van der Waals surface area contributed by atoms with Crippen LogP contribution in [0.3, 0.4) is 0 Å². The Morgan fingerprint density at radius 3 is 2.25 bits per heavy atom. The van der Waals surface area contributed by atoms with Crippen molar-refractivity contribution in [3.05, 3.63) is 35.9 Å². The van der Waals surface area contributed by atoms with Crippen molar-refractivity contribution < 1.29 is 0 Å². The number of nitrogens with one attached hydrogen (secondary N) is 1. The minimum Gasteiger partial charge on any atom is -0.319 e. The summed E-state index contributed by atoms with van der Waals surface area (Å²) in [7, 11) is 2.12. The van der Waals surface area contributed by atoms with Gasteiger partial charge in [-0.05, 0) is 36.8 Å². The summed E-state index contributed by atoms with van der Waals surface area (Å²) in [6.07, 6.45) is 5.63. The van der Waals surface area contributed by atoms with Gasteiger partial charge in [0, 0.05) is 45.8 Å². The van der Waals surface area contributed by atoms with E-state index in [2.05, 4.69) is 59.4 Å². The van der Waals surface area contributed by atoms with Crippen molar-refractivity contribution in [2.75, 3.05) is 46.3 Å². The lowest BCUT2D eigenvalue weighted by Crippen LogP contribution is -2.52. The van der Waals surface area contributed by atoms with Gasteiger partial charge in [0.05, 0.1) is 0 Å². The van der Waals surface area contributed by atoms with E-state index in [1.165, 1.54) is 70.5 Å². The van der Waals surface area contributed by atoms with E-state index in [4.69, 9.17) is 0 Å². The van der Waals surface area contributed by atoms with E-state index >= 15 is 0 Å². The highest BCUT2D eigenvalue weighted by Gasteiger charge is 2.35. The van der Waals surface area contributed by atoms with E-state index in [0.29, 0.717) is 5.41 Å². The third kappa shape index (κ3) is 4.81. The maximum Gasteiger partial charge on any atom is 0.0234 e. The molecular weight excluding hydrogens is 294 g/mol. The smallest absolute Gasteiger partial charge is 0.0234 e. The molecule has 0 spiro atoms. The first-order valence-electron chi connectivity index (χ1n) is 9.82. The molecule has 0 amide bonds. The van der Waals surface area contributed by atoms with Crippen molar-refractivity contribution in [3.63, 3.8) is 0 Å². The standard InChI is InChI=1S/C21H35N3/c1-19-8-10-21(11-9-19,17-22-2)18-24-14-12-23(13-15-24)16-20-6-4-3-5-7-20/h3-7,19,22H,8-18H2,1-2H3. The van der Waals surface area contributed by atoms with E-state index in [1.54, 1.807) is 0 Å². The largest absolute Gasteiger partial charge is 0.319 e. The Morgan fingerprint density at radius 1 is 1.00 bits per heavy atom. The lowest BCUT2D eigenvalue weighted by molar-refractivity contribution is 0.0524. The maximum atomic E-state index is 3.49. The van der Waals surface area contributed by atoms with Gasteiger partial charge in [0.1, 0.15) is 0 Å². The molecule has 3 heteroatoms. The van der Waals surface area contributed by atoms with Crippen LogP contribution < -0.4 is 5.32 Å². The summed E-state index contributed by atoms with van der Waals surface area (Å²) in [5.41, 5.74) is 1.96. The fourth-order valence-corrected chi connectivity index (χ4v) is 4.56. The van der Waals surface area contributed by atoms with Crippen molar-refractivity contribution >= 4 is 0 Å². The molecular formula is C21H35N3. The average Bonchev–Trinajstić information content (AvgIpc) is 2.61. The molecule has 1 heterocycles. The molecule has 1 aromatic carbocycles. The monoisotopic (exact) mass is 329 g/mol. The van der Waals surface area contributed by atoms with Gasteiger partial charge in [-0.15, -0.1) is 0 Å². The van der Waals surface area contributed by atoms with Crippen LogP contribution in [0.15, 0.2) is 30.3 Å². The molecule has 2 aliphatic rings. The van der Waals surface area contributed by atoms with Gasteiger partial charge in [-0.1, -0.05) is 50.1 Å². The first-order chi connectivity index (χ1) is 11.7. The summed E-state index contributed by atoms with van der Waals surface area (Å²) < 4.78 is 0. The molecule has 1 N–H and O–H groups in total. The lowest BCUT2D eigenvalue weighted by Gasteiger charge is -2.45. The van der Waals surface area contributed by atoms with Crippen molar-refractivity contribution in [3.8, 4) is 0 Å². The average molecular weight is 330 g/mol. The third-order valence-corrected chi connectivity index (χ3v) is 6.16. The van der Waals surface area contributed by atoms with Crippen LogP contribution in [0, 0.1) is 11.3 Å². The van der Waals surface area contributed by atoms with E-state index in [9.17, 15) is 0 Å². The van der Waals surface area contributed by atoms with Gasteiger partial charge in [0.25, 0.3) is 0 Å². The Bertz CT molecular complexity index is 471. The first-order valence-corrected chi connectivity index (χ1v) is 9.82. The lowest BCUT2D eigenvalue weighted by atomic mass is 9.70. The minimum atomic E-state index is 0.517. The number of rotatable bonds is 6. The predicted octanol–water partition coefficient (Wildman–Crippen LogP) is 3.22. The number of nitrogens with zero attached hydrogens (tertiary/aromatic N) is 2. The molecule has 3 nitrogen and oxygen atoms in total. The van der Waals surface area contributed by atoms with Crippen LogP contribution in [-0.4, -0.2) is 56.1 Å². The molecule has 1 saturated carbocycles. The van der Waals surface area contributed by atoms with E-state index < -0.39 is 0 Å². The molecule has 2 fully saturated rings.